The van der Waals surface area contributed by atoms with Gasteiger partial charge in [0.05, 0.1) is 4.90 Å². The molecule has 0 aliphatic heterocycles. The van der Waals surface area contributed by atoms with Gasteiger partial charge in [-0.15, -0.1) is 10.2 Å². The molecule has 0 spiro atoms. The third kappa shape index (κ3) is 4.36. The number of hydrogen-bond acceptors (Lipinski definition) is 7. The molecule has 2 aromatic heterocycles. The van der Waals surface area contributed by atoms with Crippen molar-refractivity contribution in [2.75, 3.05) is 10.0 Å². The van der Waals surface area contributed by atoms with Crippen molar-refractivity contribution >= 4 is 37.5 Å². The highest BCUT2D eigenvalue weighted by Gasteiger charge is 2.18. The van der Waals surface area contributed by atoms with Gasteiger partial charge in [0.1, 0.15) is 11.6 Å². The van der Waals surface area contributed by atoms with Crippen LogP contribution in [0.25, 0.3) is 11.3 Å². The number of carbonyl (C=O) groups is 1. The van der Waals surface area contributed by atoms with E-state index < -0.39 is 15.9 Å². The Morgan fingerprint density at radius 3 is 2.37 bits per heavy atom. The Labute approximate surface area is 174 Å². The smallest absolute Gasteiger partial charge is 0.293 e. The zero-order valence-electron chi connectivity index (χ0n) is 15.1. The number of amides is 1. The SMILES string of the molecule is O=C(Nc1nnc(NS(=O)(=O)c2ccccc2)s1)c1ccc(-c2ccc(F)cc2)o1. The molecular formula is C19H13FN4O4S2. The number of nitrogens with one attached hydrogen (secondary N) is 2. The average molecular weight is 444 g/mol. The first-order valence-corrected chi connectivity index (χ1v) is 10.8. The Kier molecular flexibility index (Phi) is 5.29. The lowest BCUT2D eigenvalue weighted by Crippen LogP contribution is -2.12. The zero-order valence-corrected chi connectivity index (χ0v) is 16.7. The van der Waals surface area contributed by atoms with Gasteiger partial charge in [0.15, 0.2) is 5.76 Å². The van der Waals surface area contributed by atoms with E-state index in [2.05, 4.69) is 20.2 Å². The molecule has 1 amide bonds. The van der Waals surface area contributed by atoms with Crippen molar-refractivity contribution in [3.63, 3.8) is 0 Å². The second-order valence-corrected chi connectivity index (χ2v) is 8.62. The highest BCUT2D eigenvalue weighted by atomic mass is 32.2. The molecule has 0 bridgehead atoms. The van der Waals surface area contributed by atoms with Crippen LogP contribution in [0.15, 0.2) is 76.0 Å². The van der Waals surface area contributed by atoms with Crippen molar-refractivity contribution in [2.24, 2.45) is 0 Å². The van der Waals surface area contributed by atoms with Crippen molar-refractivity contribution in [1.82, 2.24) is 10.2 Å². The minimum atomic E-state index is -3.81. The molecule has 0 saturated carbocycles. The van der Waals surface area contributed by atoms with E-state index in [1.54, 1.807) is 24.3 Å². The highest BCUT2D eigenvalue weighted by Crippen LogP contribution is 2.25. The van der Waals surface area contributed by atoms with E-state index in [0.717, 1.165) is 11.3 Å². The average Bonchev–Trinajstić information content (AvgIpc) is 3.39. The van der Waals surface area contributed by atoms with E-state index in [9.17, 15) is 17.6 Å². The van der Waals surface area contributed by atoms with E-state index in [-0.39, 0.29) is 26.7 Å². The van der Waals surface area contributed by atoms with E-state index >= 15 is 0 Å². The second-order valence-electron chi connectivity index (χ2n) is 5.96. The lowest BCUT2D eigenvalue weighted by molar-refractivity contribution is 0.0997. The molecule has 30 heavy (non-hydrogen) atoms. The number of benzene rings is 2. The number of anilines is 2. The minimum Gasteiger partial charge on any atom is -0.451 e. The van der Waals surface area contributed by atoms with Crippen LogP contribution in [-0.4, -0.2) is 24.5 Å². The van der Waals surface area contributed by atoms with Gasteiger partial charge in [0.25, 0.3) is 15.9 Å². The number of nitrogens with zero attached hydrogens (tertiary/aromatic N) is 2. The second kappa shape index (κ2) is 8.05. The van der Waals surface area contributed by atoms with Crippen molar-refractivity contribution in [2.45, 2.75) is 4.90 Å². The normalized spacial score (nSPS) is 11.2. The number of halogens is 1. The molecule has 4 aromatic rings. The first kappa shape index (κ1) is 19.7. The van der Waals surface area contributed by atoms with Crippen LogP contribution in [0.3, 0.4) is 0 Å². The van der Waals surface area contributed by atoms with Gasteiger partial charge in [0, 0.05) is 5.56 Å². The molecule has 0 saturated heterocycles. The standard InChI is InChI=1S/C19H13FN4O4S2/c20-13-8-6-12(7-9-13)15-10-11-16(28-15)17(25)21-18-22-23-19(29-18)24-30(26,27)14-4-2-1-3-5-14/h1-11H,(H,23,24)(H,21,22,25). The molecule has 0 radical (unpaired) electrons. The van der Waals surface area contributed by atoms with E-state index in [1.807, 2.05) is 0 Å². The summed E-state index contributed by atoms with van der Waals surface area (Å²) in [6.07, 6.45) is 0. The minimum absolute atomic E-state index is 0.000555. The Hall–Kier alpha value is -3.57. The van der Waals surface area contributed by atoms with Gasteiger partial charge in [0.2, 0.25) is 10.3 Å². The first-order valence-electron chi connectivity index (χ1n) is 8.49. The monoisotopic (exact) mass is 444 g/mol. The maximum Gasteiger partial charge on any atom is 0.293 e. The molecule has 0 atom stereocenters. The van der Waals surface area contributed by atoms with Crippen LogP contribution < -0.4 is 10.0 Å². The fourth-order valence-electron chi connectivity index (χ4n) is 2.48. The maximum absolute atomic E-state index is 13.0. The van der Waals surface area contributed by atoms with Crippen LogP contribution in [0.5, 0.6) is 0 Å². The van der Waals surface area contributed by atoms with Crippen molar-refractivity contribution < 1.29 is 22.0 Å². The number of rotatable bonds is 6. The molecular weight excluding hydrogens is 431 g/mol. The fourth-order valence-corrected chi connectivity index (χ4v) is 4.37. The van der Waals surface area contributed by atoms with Gasteiger partial charge >= 0.3 is 0 Å². The van der Waals surface area contributed by atoms with Crippen LogP contribution in [0.4, 0.5) is 14.7 Å². The van der Waals surface area contributed by atoms with Crippen LogP contribution in [0.1, 0.15) is 10.6 Å². The highest BCUT2D eigenvalue weighted by molar-refractivity contribution is 7.93. The molecule has 0 aliphatic carbocycles. The summed E-state index contributed by atoms with van der Waals surface area (Å²) in [5.41, 5.74) is 0.615. The van der Waals surface area contributed by atoms with Gasteiger partial charge in [-0.1, -0.05) is 29.5 Å². The number of sulfonamides is 1. The lowest BCUT2D eigenvalue weighted by Gasteiger charge is -2.03. The Morgan fingerprint density at radius 1 is 0.933 bits per heavy atom. The third-order valence-electron chi connectivity index (χ3n) is 3.88. The summed E-state index contributed by atoms with van der Waals surface area (Å²) in [6.45, 7) is 0. The predicted octanol–water partition coefficient (Wildman–Crippen LogP) is 3.99. The fraction of sp³-hybridized carbons (Fsp3) is 0. The summed E-state index contributed by atoms with van der Waals surface area (Å²) in [6, 6.07) is 16.5. The summed E-state index contributed by atoms with van der Waals surface area (Å²) >= 11 is 0.854. The van der Waals surface area contributed by atoms with Crippen LogP contribution in [0.2, 0.25) is 0 Å². The quantitative estimate of drug-likeness (QED) is 0.465. The zero-order chi connectivity index (χ0) is 21.1. The molecule has 0 unspecified atom stereocenters. The largest absolute Gasteiger partial charge is 0.451 e. The maximum atomic E-state index is 13.0. The Bertz CT molecular complexity index is 1290. The molecule has 11 heteroatoms. The Morgan fingerprint density at radius 2 is 1.63 bits per heavy atom. The summed E-state index contributed by atoms with van der Waals surface area (Å²) in [5, 5.41) is 10.1. The van der Waals surface area contributed by atoms with E-state index in [0.29, 0.717) is 11.3 Å². The molecule has 0 fully saturated rings. The van der Waals surface area contributed by atoms with Gasteiger partial charge < -0.3 is 4.42 Å². The van der Waals surface area contributed by atoms with Gasteiger partial charge in [-0.2, -0.15) is 0 Å². The van der Waals surface area contributed by atoms with E-state index in [1.165, 1.54) is 42.5 Å². The van der Waals surface area contributed by atoms with Gasteiger partial charge in [-0.3, -0.25) is 14.8 Å². The molecule has 8 nitrogen and oxygen atoms in total. The topological polar surface area (TPSA) is 114 Å². The lowest BCUT2D eigenvalue weighted by atomic mass is 10.2. The third-order valence-corrected chi connectivity index (χ3v) is 6.12. The van der Waals surface area contributed by atoms with Crippen molar-refractivity contribution in [3.05, 3.63) is 78.3 Å². The van der Waals surface area contributed by atoms with Crippen LogP contribution >= 0.6 is 11.3 Å². The number of furan rings is 1. The van der Waals surface area contributed by atoms with Gasteiger partial charge in [-0.05, 0) is 48.5 Å². The number of hydrogen-bond donors (Lipinski definition) is 2. The Balaban J connectivity index is 1.44. The number of carbonyl (C=O) groups excluding carboxylic acids is 1. The van der Waals surface area contributed by atoms with Crippen molar-refractivity contribution in [3.8, 4) is 11.3 Å². The van der Waals surface area contributed by atoms with E-state index in [4.69, 9.17) is 4.42 Å². The van der Waals surface area contributed by atoms with Crippen LogP contribution in [0, 0.1) is 5.82 Å². The van der Waals surface area contributed by atoms with Crippen molar-refractivity contribution in [1.29, 1.82) is 0 Å². The molecule has 2 N–H and O–H groups in total. The molecule has 4 rings (SSSR count). The molecule has 152 valence electrons. The molecule has 0 aliphatic rings. The summed E-state index contributed by atoms with van der Waals surface area (Å²) in [7, 11) is -3.81. The molecule has 2 aromatic carbocycles. The summed E-state index contributed by atoms with van der Waals surface area (Å²) < 4.78 is 45.5. The van der Waals surface area contributed by atoms with Crippen LogP contribution in [-0.2, 0) is 10.0 Å². The van der Waals surface area contributed by atoms with Gasteiger partial charge in [-0.25, -0.2) is 12.8 Å². The summed E-state index contributed by atoms with van der Waals surface area (Å²) in [4.78, 5) is 12.4. The summed E-state index contributed by atoms with van der Waals surface area (Å²) in [5.74, 6) is -0.556. The molecule has 2 heterocycles. The predicted molar refractivity (Wildman–Crippen MR) is 109 cm³/mol. The number of aromatic nitrogens is 2. The first-order chi connectivity index (χ1) is 14.4.